The van der Waals surface area contributed by atoms with E-state index >= 15 is 0 Å². The summed E-state index contributed by atoms with van der Waals surface area (Å²) in [6.07, 6.45) is 0.574. The van der Waals surface area contributed by atoms with Gasteiger partial charge in [-0.15, -0.1) is 0 Å². The van der Waals surface area contributed by atoms with E-state index in [1.807, 2.05) is 6.07 Å². The zero-order chi connectivity index (χ0) is 16.7. The van der Waals surface area contributed by atoms with Crippen LogP contribution < -0.4 is 28.2 Å². The van der Waals surface area contributed by atoms with Crippen LogP contribution in [-0.4, -0.2) is 19.1 Å². The molecule has 7 heteroatoms. The van der Waals surface area contributed by atoms with E-state index in [0.29, 0.717) is 35.8 Å². The number of halogens is 3. The Balaban J connectivity index is 0.00000288. The Morgan fingerprint density at radius 2 is 1.96 bits per heavy atom. The van der Waals surface area contributed by atoms with Crippen molar-refractivity contribution in [2.24, 2.45) is 5.73 Å². The van der Waals surface area contributed by atoms with Crippen LogP contribution in [0.2, 0.25) is 5.02 Å². The number of benzene rings is 2. The Kier molecular flexibility index (Phi) is 8.54. The number of amides is 1. The number of primary amides is 1. The minimum atomic E-state index is -0.543. The maximum atomic E-state index is 13.5. The molecule has 0 aliphatic rings. The Labute approximate surface area is 151 Å². The van der Waals surface area contributed by atoms with Crippen molar-refractivity contribution < 1.29 is 26.3 Å². The van der Waals surface area contributed by atoms with Crippen LogP contribution in [0, 0.1) is 5.82 Å². The van der Waals surface area contributed by atoms with Gasteiger partial charge in [-0.05, 0) is 42.8 Å². The van der Waals surface area contributed by atoms with Crippen LogP contribution in [0.15, 0.2) is 42.5 Å². The van der Waals surface area contributed by atoms with Crippen LogP contribution in [0.1, 0.15) is 11.1 Å². The first-order chi connectivity index (χ1) is 11.1. The second-order valence-electron chi connectivity index (χ2n) is 5.03. The molecule has 24 heavy (non-hydrogen) atoms. The molecule has 0 unspecified atom stereocenters. The quantitative estimate of drug-likeness (QED) is 0.625. The van der Waals surface area contributed by atoms with Crippen molar-refractivity contribution in [1.29, 1.82) is 0 Å². The molecule has 0 aliphatic carbocycles. The second kappa shape index (κ2) is 10.1. The number of carbonyl (C=O) groups excluding carboxylic acids is 1. The van der Waals surface area contributed by atoms with E-state index < -0.39 is 5.91 Å². The van der Waals surface area contributed by atoms with E-state index in [2.05, 4.69) is 5.32 Å². The Hall–Kier alpha value is -1.82. The molecule has 0 saturated heterocycles. The molecule has 2 rings (SSSR count). The Morgan fingerprint density at radius 1 is 1.21 bits per heavy atom. The number of carbonyl (C=O) groups is 1. The molecule has 0 atom stereocenters. The van der Waals surface area contributed by atoms with Gasteiger partial charge < -0.3 is 28.2 Å². The zero-order valence-electron chi connectivity index (χ0n) is 12.9. The summed E-state index contributed by atoms with van der Waals surface area (Å²) in [7, 11) is 0. The number of ether oxygens (including phenoxy) is 1. The summed E-state index contributed by atoms with van der Waals surface area (Å²) in [5, 5.41) is 3.78. The second-order valence-corrected chi connectivity index (χ2v) is 5.46. The highest BCUT2D eigenvalue weighted by Gasteiger charge is 2.07. The SMILES string of the molecule is NC(=O)COc1ccc(Cl)cc1CNCCc1ccccc1F.[Cl-]. The monoisotopic (exact) mass is 371 g/mol. The molecule has 0 heterocycles. The third-order valence-electron chi connectivity index (χ3n) is 3.24. The Morgan fingerprint density at radius 3 is 2.67 bits per heavy atom. The summed E-state index contributed by atoms with van der Waals surface area (Å²) in [6, 6.07) is 11.8. The van der Waals surface area contributed by atoms with E-state index in [0.717, 1.165) is 5.56 Å². The maximum absolute atomic E-state index is 13.5. The van der Waals surface area contributed by atoms with Crippen LogP contribution >= 0.6 is 11.6 Å². The Bertz CT molecular complexity index is 683. The molecule has 0 spiro atoms. The molecule has 0 aromatic heterocycles. The van der Waals surface area contributed by atoms with Gasteiger partial charge in [0.25, 0.3) is 5.91 Å². The van der Waals surface area contributed by atoms with E-state index in [1.54, 1.807) is 30.3 Å². The van der Waals surface area contributed by atoms with Gasteiger partial charge in [0.05, 0.1) is 0 Å². The van der Waals surface area contributed by atoms with Gasteiger partial charge in [0, 0.05) is 17.1 Å². The fourth-order valence-corrected chi connectivity index (χ4v) is 2.32. The highest BCUT2D eigenvalue weighted by molar-refractivity contribution is 6.30. The molecule has 2 aromatic carbocycles. The highest BCUT2D eigenvalue weighted by atomic mass is 35.5. The summed E-state index contributed by atoms with van der Waals surface area (Å²) >= 11 is 5.98. The largest absolute Gasteiger partial charge is 1.00 e. The van der Waals surface area contributed by atoms with Crippen molar-refractivity contribution in [2.45, 2.75) is 13.0 Å². The predicted octanol–water partition coefficient (Wildman–Crippen LogP) is -0.321. The first-order valence-corrected chi connectivity index (χ1v) is 7.57. The summed E-state index contributed by atoms with van der Waals surface area (Å²) in [5.74, 6) is -0.201. The van der Waals surface area contributed by atoms with Gasteiger partial charge in [0.2, 0.25) is 0 Å². The third kappa shape index (κ3) is 6.35. The molecule has 130 valence electrons. The molecular weight excluding hydrogens is 354 g/mol. The molecule has 4 nitrogen and oxygen atoms in total. The zero-order valence-corrected chi connectivity index (χ0v) is 14.4. The summed E-state index contributed by atoms with van der Waals surface area (Å²) in [4.78, 5) is 10.8. The lowest BCUT2D eigenvalue weighted by Gasteiger charge is -2.12. The van der Waals surface area contributed by atoms with Crippen LogP contribution in [0.4, 0.5) is 4.39 Å². The van der Waals surface area contributed by atoms with Crippen LogP contribution in [0.25, 0.3) is 0 Å². The molecule has 0 bridgehead atoms. The van der Waals surface area contributed by atoms with Gasteiger partial charge in [0.1, 0.15) is 11.6 Å². The highest BCUT2D eigenvalue weighted by Crippen LogP contribution is 2.22. The maximum Gasteiger partial charge on any atom is 0.255 e. The molecule has 0 radical (unpaired) electrons. The smallest absolute Gasteiger partial charge is 0.255 e. The normalized spacial score (nSPS) is 10.1. The number of nitrogens with one attached hydrogen (secondary N) is 1. The van der Waals surface area contributed by atoms with Crippen LogP contribution in [-0.2, 0) is 17.8 Å². The van der Waals surface area contributed by atoms with Crippen LogP contribution in [0.3, 0.4) is 0 Å². The minimum Gasteiger partial charge on any atom is -1.00 e. The number of nitrogens with two attached hydrogens (primary N) is 1. The average molecular weight is 372 g/mol. The van der Waals surface area contributed by atoms with Crippen molar-refractivity contribution >= 4 is 17.5 Å². The third-order valence-corrected chi connectivity index (χ3v) is 3.47. The first kappa shape index (κ1) is 20.2. The summed E-state index contributed by atoms with van der Waals surface area (Å²) in [5.41, 5.74) is 6.55. The molecule has 3 N–H and O–H groups in total. The van der Waals surface area contributed by atoms with Gasteiger partial charge in [0.15, 0.2) is 6.61 Å². The van der Waals surface area contributed by atoms with Crippen molar-refractivity contribution in [1.82, 2.24) is 5.32 Å². The van der Waals surface area contributed by atoms with E-state index in [9.17, 15) is 9.18 Å². The molecule has 2 aromatic rings. The topological polar surface area (TPSA) is 64.4 Å². The van der Waals surface area contributed by atoms with Crippen LogP contribution in [0.5, 0.6) is 5.75 Å². The average Bonchev–Trinajstić information content (AvgIpc) is 2.52. The molecule has 0 aliphatic heterocycles. The lowest BCUT2D eigenvalue weighted by atomic mass is 10.1. The van der Waals surface area contributed by atoms with Crippen molar-refractivity contribution in [3.63, 3.8) is 0 Å². The molecule has 1 amide bonds. The van der Waals surface area contributed by atoms with E-state index in [4.69, 9.17) is 22.1 Å². The lowest BCUT2D eigenvalue weighted by molar-refractivity contribution is -0.119. The van der Waals surface area contributed by atoms with E-state index in [1.165, 1.54) is 6.07 Å². The fraction of sp³-hybridized carbons (Fsp3) is 0.235. The van der Waals surface area contributed by atoms with Gasteiger partial charge in [-0.1, -0.05) is 29.8 Å². The number of hydrogen-bond acceptors (Lipinski definition) is 3. The fourth-order valence-electron chi connectivity index (χ4n) is 2.12. The van der Waals surface area contributed by atoms with Crippen molar-refractivity contribution in [3.05, 3.63) is 64.4 Å². The van der Waals surface area contributed by atoms with Gasteiger partial charge >= 0.3 is 0 Å². The van der Waals surface area contributed by atoms with Crippen molar-refractivity contribution in [2.75, 3.05) is 13.2 Å². The number of hydrogen-bond donors (Lipinski definition) is 2. The summed E-state index contributed by atoms with van der Waals surface area (Å²) in [6.45, 7) is 0.898. The molecule has 0 fully saturated rings. The number of rotatable bonds is 8. The summed E-state index contributed by atoms with van der Waals surface area (Å²) < 4.78 is 18.9. The first-order valence-electron chi connectivity index (χ1n) is 7.20. The van der Waals surface area contributed by atoms with Gasteiger partial charge in [-0.3, -0.25) is 4.79 Å². The minimum absolute atomic E-state index is 0. The molecular formula is C17H18Cl2FN2O2-. The molecule has 0 saturated carbocycles. The van der Waals surface area contributed by atoms with Gasteiger partial charge in [-0.25, -0.2) is 4.39 Å². The standard InChI is InChI=1S/C17H18ClFN2O2.ClH/c18-14-5-6-16(23-11-17(20)22)13(9-14)10-21-8-7-12-3-1-2-4-15(12)19;/h1-6,9,21H,7-8,10-11H2,(H2,20,22);1H/p-1. The lowest BCUT2D eigenvalue weighted by Crippen LogP contribution is -3.00. The predicted molar refractivity (Wildman–Crippen MR) is 88.0 cm³/mol. The van der Waals surface area contributed by atoms with Crippen molar-refractivity contribution in [3.8, 4) is 5.75 Å². The van der Waals surface area contributed by atoms with Gasteiger partial charge in [-0.2, -0.15) is 0 Å². The van der Waals surface area contributed by atoms with E-state index in [-0.39, 0.29) is 24.8 Å².